The Labute approximate surface area is 119 Å². The maximum Gasteiger partial charge on any atom is 0.0268 e. The van der Waals surface area contributed by atoms with Crippen molar-refractivity contribution in [1.29, 1.82) is 0 Å². The van der Waals surface area contributed by atoms with Crippen molar-refractivity contribution in [3.63, 3.8) is 0 Å². The van der Waals surface area contributed by atoms with Gasteiger partial charge in [-0.2, -0.15) is 0 Å². The van der Waals surface area contributed by atoms with Crippen LogP contribution in [-0.2, 0) is 0 Å². The maximum atomic E-state index is 3.96. The molecule has 1 spiro atoms. The third kappa shape index (κ3) is 3.75. The smallest absolute Gasteiger partial charge is 0.0268 e. The van der Waals surface area contributed by atoms with Crippen molar-refractivity contribution in [1.82, 2.24) is 10.2 Å². The molecular formula is C17H32N2. The molecule has 0 aromatic rings. The third-order valence-corrected chi connectivity index (χ3v) is 5.10. The van der Waals surface area contributed by atoms with E-state index in [9.17, 15) is 0 Å². The van der Waals surface area contributed by atoms with Gasteiger partial charge in [0.1, 0.15) is 0 Å². The maximum absolute atomic E-state index is 3.96. The van der Waals surface area contributed by atoms with Gasteiger partial charge in [-0.1, -0.05) is 20.4 Å². The first-order valence-electron chi connectivity index (χ1n) is 8.02. The molecule has 2 heteroatoms. The molecule has 2 aliphatic carbocycles. The van der Waals surface area contributed by atoms with Crippen LogP contribution in [0.15, 0.2) is 12.3 Å². The number of nitrogens with one attached hydrogen (secondary N) is 1. The molecule has 0 heterocycles. The van der Waals surface area contributed by atoms with Gasteiger partial charge in [0.15, 0.2) is 0 Å². The molecule has 0 aliphatic heterocycles. The molecule has 19 heavy (non-hydrogen) atoms. The summed E-state index contributed by atoms with van der Waals surface area (Å²) in [7, 11) is 2.31. The summed E-state index contributed by atoms with van der Waals surface area (Å²) >= 11 is 0. The Kier molecular flexibility index (Phi) is 4.60. The Morgan fingerprint density at radius 3 is 2.37 bits per heavy atom. The second-order valence-electron chi connectivity index (χ2n) is 7.59. The van der Waals surface area contributed by atoms with Gasteiger partial charge >= 0.3 is 0 Å². The minimum atomic E-state index is 0.683. The largest absolute Gasteiger partial charge is 0.386 e. The first kappa shape index (κ1) is 14.9. The number of hydrogen-bond acceptors (Lipinski definition) is 2. The quantitative estimate of drug-likeness (QED) is 0.813. The van der Waals surface area contributed by atoms with E-state index in [0.29, 0.717) is 11.5 Å². The molecule has 2 aliphatic rings. The van der Waals surface area contributed by atoms with E-state index >= 15 is 0 Å². The lowest BCUT2D eigenvalue weighted by atomic mass is 9.57. The molecule has 0 aromatic heterocycles. The van der Waals surface area contributed by atoms with Crippen LogP contribution in [0.1, 0.15) is 59.3 Å². The summed E-state index contributed by atoms with van der Waals surface area (Å²) in [5, 5.41) is 3.51. The number of hydrogen-bond donors (Lipinski definition) is 1. The zero-order chi connectivity index (χ0) is 14.0. The molecule has 0 atom stereocenters. The highest BCUT2D eigenvalue weighted by Gasteiger charge is 2.46. The topological polar surface area (TPSA) is 15.3 Å². The van der Waals surface area contributed by atoms with Crippen LogP contribution in [0.2, 0.25) is 0 Å². The van der Waals surface area contributed by atoms with Crippen molar-refractivity contribution in [2.24, 2.45) is 11.3 Å². The average molecular weight is 264 g/mol. The third-order valence-electron chi connectivity index (χ3n) is 5.10. The van der Waals surface area contributed by atoms with Gasteiger partial charge in [0.05, 0.1) is 0 Å². The van der Waals surface area contributed by atoms with E-state index in [0.717, 1.165) is 17.7 Å². The van der Waals surface area contributed by atoms with Gasteiger partial charge in [-0.25, -0.2) is 0 Å². The van der Waals surface area contributed by atoms with Crippen molar-refractivity contribution in [2.75, 3.05) is 13.6 Å². The molecule has 0 amide bonds. The molecule has 0 bridgehead atoms. The molecule has 110 valence electrons. The van der Waals surface area contributed by atoms with Gasteiger partial charge in [0.25, 0.3) is 0 Å². The molecule has 2 rings (SSSR count). The number of allylic oxidation sites excluding steroid dienone is 1. The fourth-order valence-corrected chi connectivity index (χ4v) is 4.23. The highest BCUT2D eigenvalue weighted by atomic mass is 15.1. The lowest BCUT2D eigenvalue weighted by molar-refractivity contribution is 0.0119. The van der Waals surface area contributed by atoms with Gasteiger partial charge in [0.2, 0.25) is 0 Å². The fraction of sp³-hybridized carbons (Fsp3) is 0.882. The zero-order valence-electron chi connectivity index (χ0n) is 13.3. The number of rotatable bonds is 5. The number of nitrogens with zero attached hydrogens (tertiary/aromatic N) is 1. The van der Waals surface area contributed by atoms with Crippen LogP contribution in [0.3, 0.4) is 0 Å². The van der Waals surface area contributed by atoms with Gasteiger partial charge < -0.3 is 10.2 Å². The summed E-state index contributed by atoms with van der Waals surface area (Å²) in [5.41, 5.74) is 1.81. The Morgan fingerprint density at radius 2 is 1.89 bits per heavy atom. The van der Waals surface area contributed by atoms with Crippen LogP contribution in [0.25, 0.3) is 0 Å². The lowest BCUT2D eigenvalue weighted by Crippen LogP contribution is -2.51. The molecule has 2 saturated carbocycles. The normalized spacial score (nSPS) is 34.6. The Balaban J connectivity index is 1.73. The summed E-state index contributed by atoms with van der Waals surface area (Å²) in [6.45, 7) is 11.9. The van der Waals surface area contributed by atoms with Gasteiger partial charge in [-0.15, -0.1) is 0 Å². The van der Waals surface area contributed by atoms with Gasteiger partial charge in [-0.05, 0) is 63.8 Å². The van der Waals surface area contributed by atoms with E-state index in [1.807, 2.05) is 0 Å². The van der Waals surface area contributed by atoms with Crippen molar-refractivity contribution < 1.29 is 0 Å². The predicted octanol–water partition coefficient (Wildman–Crippen LogP) is 3.79. The molecule has 0 unspecified atom stereocenters. The second kappa shape index (κ2) is 5.87. The van der Waals surface area contributed by atoms with E-state index in [4.69, 9.17) is 0 Å². The van der Waals surface area contributed by atoms with Crippen molar-refractivity contribution in [3.8, 4) is 0 Å². The summed E-state index contributed by atoms with van der Waals surface area (Å²) in [4.78, 5) is 2.60. The summed E-state index contributed by atoms with van der Waals surface area (Å²) in [6, 6.07) is 1.55. The van der Waals surface area contributed by atoms with Crippen LogP contribution in [0, 0.1) is 11.3 Å². The molecule has 0 saturated heterocycles. The van der Waals surface area contributed by atoms with E-state index in [2.05, 4.69) is 44.6 Å². The average Bonchev–Trinajstić information content (AvgIpc) is 2.26. The minimum Gasteiger partial charge on any atom is -0.386 e. The molecule has 0 radical (unpaired) electrons. The Morgan fingerprint density at radius 1 is 1.32 bits per heavy atom. The van der Waals surface area contributed by atoms with E-state index in [1.54, 1.807) is 0 Å². The molecule has 2 nitrogen and oxygen atoms in total. The lowest BCUT2D eigenvalue weighted by Gasteiger charge is -2.53. The summed E-state index contributed by atoms with van der Waals surface area (Å²) in [6.07, 6.45) is 8.44. The van der Waals surface area contributed by atoms with Crippen LogP contribution >= 0.6 is 0 Å². The molecule has 2 fully saturated rings. The first-order chi connectivity index (χ1) is 8.90. The Bertz CT molecular complexity index is 305. The van der Waals surface area contributed by atoms with Gasteiger partial charge in [-0.3, -0.25) is 0 Å². The van der Waals surface area contributed by atoms with Gasteiger partial charge in [0, 0.05) is 24.3 Å². The second-order valence-corrected chi connectivity index (χ2v) is 7.59. The summed E-state index contributed by atoms with van der Waals surface area (Å²) < 4.78 is 0. The van der Waals surface area contributed by atoms with E-state index < -0.39 is 0 Å². The van der Waals surface area contributed by atoms with Crippen molar-refractivity contribution >= 4 is 0 Å². The monoisotopic (exact) mass is 264 g/mol. The van der Waals surface area contributed by atoms with Crippen LogP contribution < -0.4 is 5.32 Å². The molecular weight excluding hydrogens is 232 g/mol. The standard InChI is InChI=1S/C17H32N2/c1-13(2)12-19(5)16-6-8-17(9-7-16)10-15(11-17)18-14(3)4/h13,15-16,18H,3,6-12H2,1-2,4-5H3. The molecule has 1 N–H and O–H groups in total. The van der Waals surface area contributed by atoms with Crippen molar-refractivity contribution in [2.45, 2.75) is 71.4 Å². The highest BCUT2D eigenvalue weighted by Crippen LogP contribution is 2.52. The van der Waals surface area contributed by atoms with E-state index in [1.165, 1.54) is 45.1 Å². The minimum absolute atomic E-state index is 0.683. The SMILES string of the molecule is C=C(C)NC1CC2(CCC(N(C)CC(C)C)CC2)C1. The first-order valence-corrected chi connectivity index (χ1v) is 8.02. The molecule has 0 aromatic carbocycles. The predicted molar refractivity (Wildman–Crippen MR) is 83.1 cm³/mol. The Hall–Kier alpha value is -0.500. The fourth-order valence-electron chi connectivity index (χ4n) is 4.23. The van der Waals surface area contributed by atoms with Crippen LogP contribution in [0.5, 0.6) is 0 Å². The highest BCUT2D eigenvalue weighted by molar-refractivity contribution is 5.04. The summed E-state index contributed by atoms with van der Waals surface area (Å²) in [5.74, 6) is 0.786. The van der Waals surface area contributed by atoms with E-state index in [-0.39, 0.29) is 0 Å². The van der Waals surface area contributed by atoms with Crippen LogP contribution in [-0.4, -0.2) is 30.6 Å². The van der Waals surface area contributed by atoms with Crippen LogP contribution in [0.4, 0.5) is 0 Å². The zero-order valence-corrected chi connectivity index (χ0v) is 13.3. The van der Waals surface area contributed by atoms with Crippen molar-refractivity contribution in [3.05, 3.63) is 12.3 Å².